The van der Waals surface area contributed by atoms with Crippen molar-refractivity contribution in [2.24, 2.45) is 5.92 Å². The molecule has 0 spiro atoms. The Kier molecular flexibility index (Phi) is 23.4. The van der Waals surface area contributed by atoms with E-state index >= 15 is 0 Å². The van der Waals surface area contributed by atoms with E-state index < -0.39 is 5.97 Å². The molecule has 1 atom stereocenters. The number of hydrogen-bond donors (Lipinski definition) is 2. The second kappa shape index (κ2) is 22.2. The van der Waals surface area contributed by atoms with Gasteiger partial charge in [0.05, 0.1) is 0 Å². The molecule has 0 heterocycles. The summed E-state index contributed by atoms with van der Waals surface area (Å²) in [6.45, 7) is 8.02. The summed E-state index contributed by atoms with van der Waals surface area (Å²) in [6.07, 6.45) is 21.1. The largest absolute Gasteiger partial charge is 0.478 e. The average molecular weight is 371 g/mol. The van der Waals surface area contributed by atoms with Crippen LogP contribution in [-0.4, -0.2) is 23.3 Å². The van der Waals surface area contributed by atoms with E-state index in [0.29, 0.717) is 17.9 Å². The van der Waals surface area contributed by atoms with Crippen LogP contribution in [0.1, 0.15) is 117 Å². The predicted octanol–water partition coefficient (Wildman–Crippen LogP) is 7.13. The number of unbranched alkanes of at least 4 members (excludes halogenated alkanes) is 13. The van der Waals surface area contributed by atoms with Gasteiger partial charge in [0.15, 0.2) is 0 Å². The fraction of sp³-hybridized carbons (Fsp3) is 0.870. The number of rotatable bonds is 18. The van der Waals surface area contributed by atoms with Crippen LogP contribution in [0.4, 0.5) is 0 Å². The minimum atomic E-state index is -0.845. The Hall–Kier alpha value is -0.830. The maximum absolute atomic E-state index is 10.7. The van der Waals surface area contributed by atoms with Gasteiger partial charge < -0.3 is 10.2 Å². The standard InChI is InChI=1S/C22H42O2.CH4O/c1-4-5-6-7-8-9-10-11-12-13-14-15-16-17-18-20(2)19-21(3)22(23)24;1-2/h20H,3-19H2,1-2H3,(H,23,24);2H,1H3. The van der Waals surface area contributed by atoms with E-state index in [1.165, 1.54) is 89.9 Å². The Morgan fingerprint density at radius 1 is 0.769 bits per heavy atom. The van der Waals surface area contributed by atoms with Gasteiger partial charge >= 0.3 is 5.97 Å². The van der Waals surface area contributed by atoms with E-state index in [-0.39, 0.29) is 0 Å². The van der Waals surface area contributed by atoms with Crippen LogP contribution in [0.2, 0.25) is 0 Å². The number of aliphatic hydroxyl groups is 1. The van der Waals surface area contributed by atoms with Gasteiger partial charge in [-0.05, 0) is 12.3 Å². The molecule has 0 radical (unpaired) electrons. The molecule has 0 aromatic carbocycles. The van der Waals surface area contributed by atoms with E-state index in [1.54, 1.807) is 0 Å². The van der Waals surface area contributed by atoms with Crippen LogP contribution >= 0.6 is 0 Å². The summed E-state index contributed by atoms with van der Waals surface area (Å²) in [6, 6.07) is 0. The van der Waals surface area contributed by atoms with Crippen molar-refractivity contribution < 1.29 is 15.0 Å². The molecule has 0 aliphatic rings. The zero-order valence-corrected chi connectivity index (χ0v) is 17.9. The molecule has 0 aromatic rings. The predicted molar refractivity (Wildman–Crippen MR) is 114 cm³/mol. The first-order chi connectivity index (χ1) is 12.6. The van der Waals surface area contributed by atoms with Crippen molar-refractivity contribution in [3.63, 3.8) is 0 Å². The van der Waals surface area contributed by atoms with Gasteiger partial charge in [0.25, 0.3) is 0 Å². The van der Waals surface area contributed by atoms with E-state index in [4.69, 9.17) is 10.2 Å². The molecule has 3 nitrogen and oxygen atoms in total. The second-order valence-electron chi connectivity index (χ2n) is 7.60. The van der Waals surface area contributed by atoms with Gasteiger partial charge in [-0.25, -0.2) is 4.79 Å². The van der Waals surface area contributed by atoms with E-state index in [9.17, 15) is 4.79 Å². The fourth-order valence-electron chi connectivity index (χ4n) is 3.30. The van der Waals surface area contributed by atoms with Crippen LogP contribution in [0.3, 0.4) is 0 Å². The summed E-state index contributed by atoms with van der Waals surface area (Å²) in [5, 5.41) is 15.8. The maximum Gasteiger partial charge on any atom is 0.330 e. The smallest absolute Gasteiger partial charge is 0.330 e. The third-order valence-corrected chi connectivity index (χ3v) is 4.95. The molecule has 0 saturated heterocycles. The number of aliphatic hydroxyl groups excluding tert-OH is 1. The first-order valence-corrected chi connectivity index (χ1v) is 10.9. The van der Waals surface area contributed by atoms with Gasteiger partial charge in [0.1, 0.15) is 0 Å². The molecule has 0 saturated carbocycles. The Balaban J connectivity index is 0. The van der Waals surface area contributed by atoms with Crippen LogP contribution in [0.25, 0.3) is 0 Å². The number of carbonyl (C=O) groups is 1. The van der Waals surface area contributed by atoms with Crippen molar-refractivity contribution in [2.75, 3.05) is 7.11 Å². The van der Waals surface area contributed by atoms with Crippen molar-refractivity contribution in [2.45, 2.75) is 117 Å². The summed E-state index contributed by atoms with van der Waals surface area (Å²) in [7, 11) is 1.00. The summed E-state index contributed by atoms with van der Waals surface area (Å²) in [4.78, 5) is 10.7. The van der Waals surface area contributed by atoms with Crippen LogP contribution in [0, 0.1) is 5.92 Å². The highest BCUT2D eigenvalue weighted by Gasteiger charge is 2.09. The quantitative estimate of drug-likeness (QED) is 0.199. The van der Waals surface area contributed by atoms with Crippen molar-refractivity contribution in [1.82, 2.24) is 0 Å². The average Bonchev–Trinajstić information content (AvgIpc) is 2.63. The SMILES string of the molecule is C=C(CC(C)CCCCCCCCCCCCCCCC)C(=O)O.CO. The third-order valence-electron chi connectivity index (χ3n) is 4.95. The molecule has 3 heteroatoms. The lowest BCUT2D eigenvalue weighted by Crippen LogP contribution is -2.04. The molecule has 0 rings (SSSR count). The Morgan fingerprint density at radius 3 is 1.46 bits per heavy atom. The molecule has 0 amide bonds. The zero-order chi connectivity index (χ0) is 20.0. The molecule has 0 bridgehead atoms. The highest BCUT2D eigenvalue weighted by atomic mass is 16.4. The van der Waals surface area contributed by atoms with Crippen molar-refractivity contribution >= 4 is 5.97 Å². The molecule has 26 heavy (non-hydrogen) atoms. The van der Waals surface area contributed by atoms with Gasteiger partial charge in [-0.1, -0.05) is 117 Å². The normalized spacial score (nSPS) is 11.5. The highest BCUT2D eigenvalue weighted by Crippen LogP contribution is 2.18. The van der Waals surface area contributed by atoms with Crippen LogP contribution < -0.4 is 0 Å². The Bertz CT molecular complexity index is 313. The van der Waals surface area contributed by atoms with Gasteiger partial charge in [0, 0.05) is 12.7 Å². The Labute approximate surface area is 163 Å². The molecule has 0 fully saturated rings. The number of carboxylic acids is 1. The van der Waals surface area contributed by atoms with Gasteiger partial charge in [-0.2, -0.15) is 0 Å². The number of carboxylic acid groups (broad SMARTS) is 1. The fourth-order valence-corrected chi connectivity index (χ4v) is 3.30. The van der Waals surface area contributed by atoms with Gasteiger partial charge in [0.2, 0.25) is 0 Å². The lowest BCUT2D eigenvalue weighted by molar-refractivity contribution is -0.132. The van der Waals surface area contributed by atoms with Crippen LogP contribution in [0.15, 0.2) is 12.2 Å². The summed E-state index contributed by atoms with van der Waals surface area (Å²) in [5.41, 5.74) is 0.355. The number of hydrogen-bond acceptors (Lipinski definition) is 2. The second-order valence-corrected chi connectivity index (χ2v) is 7.60. The molecule has 156 valence electrons. The van der Waals surface area contributed by atoms with Crippen LogP contribution in [-0.2, 0) is 4.79 Å². The summed E-state index contributed by atoms with van der Waals surface area (Å²) < 4.78 is 0. The van der Waals surface area contributed by atoms with Crippen molar-refractivity contribution in [1.29, 1.82) is 0 Å². The van der Waals surface area contributed by atoms with E-state index in [2.05, 4.69) is 20.4 Å². The molecular weight excluding hydrogens is 324 g/mol. The lowest BCUT2D eigenvalue weighted by Gasteiger charge is -2.10. The minimum absolute atomic E-state index is 0.355. The highest BCUT2D eigenvalue weighted by molar-refractivity contribution is 5.85. The Morgan fingerprint density at radius 2 is 1.12 bits per heavy atom. The third kappa shape index (κ3) is 21.2. The first-order valence-electron chi connectivity index (χ1n) is 10.9. The molecular formula is C23H46O3. The van der Waals surface area contributed by atoms with Crippen molar-refractivity contribution in [3.05, 3.63) is 12.2 Å². The molecule has 1 unspecified atom stereocenters. The summed E-state index contributed by atoms with van der Waals surface area (Å²) >= 11 is 0. The molecule has 0 aliphatic heterocycles. The zero-order valence-electron chi connectivity index (χ0n) is 17.9. The number of aliphatic carboxylic acids is 1. The maximum atomic E-state index is 10.7. The molecule has 0 aromatic heterocycles. The monoisotopic (exact) mass is 370 g/mol. The summed E-state index contributed by atoms with van der Waals surface area (Å²) in [5.74, 6) is -0.395. The van der Waals surface area contributed by atoms with Crippen molar-refractivity contribution in [3.8, 4) is 0 Å². The minimum Gasteiger partial charge on any atom is -0.478 e. The van der Waals surface area contributed by atoms with E-state index in [1.807, 2.05) is 0 Å². The van der Waals surface area contributed by atoms with E-state index in [0.717, 1.165) is 13.5 Å². The molecule has 0 aliphatic carbocycles. The lowest BCUT2D eigenvalue weighted by atomic mass is 9.95. The topological polar surface area (TPSA) is 57.5 Å². The van der Waals surface area contributed by atoms with Gasteiger partial charge in [-0.3, -0.25) is 0 Å². The first kappa shape index (κ1) is 27.4. The molecule has 2 N–H and O–H groups in total. The van der Waals surface area contributed by atoms with Gasteiger partial charge in [-0.15, -0.1) is 0 Å². The van der Waals surface area contributed by atoms with Crippen LogP contribution in [0.5, 0.6) is 0 Å².